The van der Waals surface area contributed by atoms with Crippen LogP contribution >= 0.6 is 0 Å². The molecule has 0 unspecified atom stereocenters. The number of rotatable bonds is 3. The molecule has 1 aliphatic heterocycles. The van der Waals surface area contributed by atoms with E-state index in [0.717, 1.165) is 11.3 Å². The van der Waals surface area contributed by atoms with Crippen molar-refractivity contribution in [1.29, 1.82) is 0 Å². The first-order valence-electron chi connectivity index (χ1n) is 6.49. The molecule has 2 aliphatic rings. The van der Waals surface area contributed by atoms with Crippen molar-refractivity contribution in [2.45, 2.75) is 24.7 Å². The van der Waals surface area contributed by atoms with E-state index in [9.17, 15) is 13.6 Å². The quantitative estimate of drug-likeness (QED) is 0.911. The number of hydrogen-bond acceptors (Lipinski definition) is 2. The minimum atomic E-state index is -2.51. The largest absolute Gasteiger partial charge is 0.368 e. The number of amides is 1. The fourth-order valence-corrected chi connectivity index (χ4v) is 3.10. The highest BCUT2D eigenvalue weighted by Crippen LogP contribution is 2.58. The molecule has 1 amide bonds. The average Bonchev–Trinajstić information content (AvgIpc) is 2.98. The van der Waals surface area contributed by atoms with Gasteiger partial charge in [-0.3, -0.25) is 4.79 Å². The predicted octanol–water partition coefficient (Wildman–Crippen LogP) is 2.12. The van der Waals surface area contributed by atoms with Crippen molar-refractivity contribution in [3.8, 4) is 0 Å². The van der Waals surface area contributed by atoms with Crippen LogP contribution in [-0.4, -0.2) is 24.9 Å². The van der Waals surface area contributed by atoms with Gasteiger partial charge in [0.05, 0.1) is 6.54 Å². The van der Waals surface area contributed by atoms with Crippen LogP contribution in [0.5, 0.6) is 0 Å². The van der Waals surface area contributed by atoms with E-state index in [2.05, 4.69) is 0 Å². The van der Waals surface area contributed by atoms with Crippen molar-refractivity contribution in [3.63, 3.8) is 0 Å². The molecule has 0 spiro atoms. The molecular formula is C14H16F2N2O. The molecule has 19 heavy (non-hydrogen) atoms. The first-order valence-corrected chi connectivity index (χ1v) is 6.49. The van der Waals surface area contributed by atoms with Gasteiger partial charge in [0.25, 0.3) is 5.92 Å². The maximum Gasteiger partial charge on any atom is 0.252 e. The number of carbonyl (C=O) groups excluding carboxylic acids is 1. The summed E-state index contributed by atoms with van der Waals surface area (Å²) in [5, 5.41) is 0. The van der Waals surface area contributed by atoms with Gasteiger partial charge in [-0.2, -0.15) is 0 Å². The summed E-state index contributed by atoms with van der Waals surface area (Å²) < 4.78 is 26.6. The predicted molar refractivity (Wildman–Crippen MR) is 68.3 cm³/mol. The molecule has 1 fully saturated rings. The lowest BCUT2D eigenvalue weighted by molar-refractivity contribution is -0.116. The Kier molecular flexibility index (Phi) is 2.73. The summed E-state index contributed by atoms with van der Waals surface area (Å²) in [4.78, 5) is 13.0. The summed E-state index contributed by atoms with van der Waals surface area (Å²) in [5.41, 5.74) is 7.03. The third kappa shape index (κ3) is 2.17. The lowest BCUT2D eigenvalue weighted by Crippen LogP contribution is -2.38. The lowest BCUT2D eigenvalue weighted by Gasteiger charge is -2.35. The maximum absolute atomic E-state index is 13.3. The van der Waals surface area contributed by atoms with Crippen molar-refractivity contribution >= 4 is 11.6 Å². The molecule has 0 aromatic heterocycles. The lowest BCUT2D eigenvalue weighted by atomic mass is 9.86. The zero-order valence-corrected chi connectivity index (χ0v) is 10.5. The van der Waals surface area contributed by atoms with Crippen molar-refractivity contribution < 1.29 is 13.6 Å². The summed E-state index contributed by atoms with van der Waals surface area (Å²) in [6.45, 7) is 0.752. The molecule has 1 aromatic rings. The molecule has 102 valence electrons. The second kappa shape index (κ2) is 4.18. The van der Waals surface area contributed by atoms with Crippen molar-refractivity contribution in [3.05, 3.63) is 29.8 Å². The van der Waals surface area contributed by atoms with Gasteiger partial charge in [-0.25, -0.2) is 8.78 Å². The molecular weight excluding hydrogens is 250 g/mol. The van der Waals surface area contributed by atoms with Crippen LogP contribution in [0.3, 0.4) is 0 Å². The van der Waals surface area contributed by atoms with Crippen LogP contribution in [0.2, 0.25) is 0 Å². The van der Waals surface area contributed by atoms with E-state index >= 15 is 0 Å². The van der Waals surface area contributed by atoms with Gasteiger partial charge in [0, 0.05) is 24.6 Å². The standard InChI is InChI=1S/C14H16F2N2O/c15-14(16)7-11(14)9-5-6-18(8-13(17)19)12-4-2-1-3-10(9)12/h1-4,9,11H,5-8H2,(H2,17,19)/t9-,11-/m0/s1. The second-order valence-electron chi connectivity index (χ2n) is 5.41. The number of para-hydroxylation sites is 1. The van der Waals surface area contributed by atoms with E-state index in [1.165, 1.54) is 0 Å². The average molecular weight is 266 g/mol. The highest BCUT2D eigenvalue weighted by Gasteiger charge is 2.60. The van der Waals surface area contributed by atoms with Crippen LogP contribution in [-0.2, 0) is 4.79 Å². The molecule has 5 heteroatoms. The van der Waals surface area contributed by atoms with Crippen LogP contribution in [0.4, 0.5) is 14.5 Å². The summed E-state index contributed by atoms with van der Waals surface area (Å²) >= 11 is 0. The van der Waals surface area contributed by atoms with Crippen LogP contribution in [0.25, 0.3) is 0 Å². The Morgan fingerprint density at radius 3 is 2.74 bits per heavy atom. The molecule has 1 aliphatic carbocycles. The molecule has 1 aromatic carbocycles. The monoisotopic (exact) mass is 266 g/mol. The fraction of sp³-hybridized carbons (Fsp3) is 0.500. The molecule has 1 heterocycles. The Morgan fingerprint density at radius 2 is 2.11 bits per heavy atom. The number of fused-ring (bicyclic) bond motifs is 1. The van der Waals surface area contributed by atoms with Crippen LogP contribution in [0.1, 0.15) is 24.3 Å². The van der Waals surface area contributed by atoms with Gasteiger partial charge in [0.15, 0.2) is 0 Å². The van der Waals surface area contributed by atoms with Gasteiger partial charge in [-0.15, -0.1) is 0 Å². The minimum Gasteiger partial charge on any atom is -0.368 e. The normalized spacial score (nSPS) is 27.8. The summed E-state index contributed by atoms with van der Waals surface area (Å²) in [5.74, 6) is -3.55. The smallest absolute Gasteiger partial charge is 0.252 e. The fourth-order valence-electron chi connectivity index (χ4n) is 3.10. The number of nitrogens with zero attached hydrogens (tertiary/aromatic N) is 1. The van der Waals surface area contributed by atoms with Gasteiger partial charge in [-0.1, -0.05) is 18.2 Å². The first kappa shape index (κ1) is 12.4. The van der Waals surface area contributed by atoms with Crippen LogP contribution in [0.15, 0.2) is 24.3 Å². The molecule has 2 N–H and O–H groups in total. The number of nitrogens with two attached hydrogens (primary N) is 1. The Balaban J connectivity index is 1.90. The van der Waals surface area contributed by atoms with Crippen LogP contribution < -0.4 is 10.6 Å². The van der Waals surface area contributed by atoms with Crippen LogP contribution in [0, 0.1) is 5.92 Å². The molecule has 0 radical (unpaired) electrons. The topological polar surface area (TPSA) is 46.3 Å². The van der Waals surface area contributed by atoms with Gasteiger partial charge in [-0.05, 0) is 24.0 Å². The van der Waals surface area contributed by atoms with Gasteiger partial charge < -0.3 is 10.6 Å². The van der Waals surface area contributed by atoms with E-state index in [1.807, 2.05) is 29.2 Å². The molecule has 0 saturated heterocycles. The van der Waals surface area contributed by atoms with Crippen molar-refractivity contribution in [2.24, 2.45) is 11.7 Å². The minimum absolute atomic E-state index is 0.0121. The zero-order valence-electron chi connectivity index (χ0n) is 10.5. The Morgan fingerprint density at radius 1 is 1.42 bits per heavy atom. The van der Waals surface area contributed by atoms with Crippen molar-refractivity contribution in [1.82, 2.24) is 0 Å². The molecule has 3 rings (SSSR count). The molecule has 1 saturated carbocycles. The molecule has 0 bridgehead atoms. The third-order valence-electron chi connectivity index (χ3n) is 4.09. The Hall–Kier alpha value is -1.65. The summed E-state index contributed by atoms with van der Waals surface area (Å²) in [7, 11) is 0. The zero-order chi connectivity index (χ0) is 13.6. The molecule has 2 atom stereocenters. The van der Waals surface area contributed by atoms with E-state index in [-0.39, 0.29) is 18.9 Å². The van der Waals surface area contributed by atoms with E-state index < -0.39 is 17.7 Å². The number of halogens is 2. The van der Waals surface area contributed by atoms with Gasteiger partial charge in [0.1, 0.15) is 0 Å². The highest BCUT2D eigenvalue weighted by atomic mass is 19.3. The number of primary amides is 1. The SMILES string of the molecule is NC(=O)CN1CC[C@H]([C@@H]2CC2(F)F)c2ccccc21. The van der Waals surface area contributed by atoms with E-state index in [4.69, 9.17) is 5.73 Å². The summed E-state index contributed by atoms with van der Waals surface area (Å²) in [6.07, 6.45) is 0.645. The number of alkyl halides is 2. The van der Waals surface area contributed by atoms with E-state index in [0.29, 0.717) is 13.0 Å². The summed E-state index contributed by atoms with van der Waals surface area (Å²) in [6, 6.07) is 7.49. The van der Waals surface area contributed by atoms with Crippen molar-refractivity contribution in [2.75, 3.05) is 18.0 Å². The van der Waals surface area contributed by atoms with Gasteiger partial charge in [0.2, 0.25) is 5.91 Å². The third-order valence-corrected chi connectivity index (χ3v) is 4.09. The highest BCUT2D eigenvalue weighted by molar-refractivity contribution is 5.80. The number of carbonyl (C=O) groups is 1. The Bertz CT molecular complexity index is 518. The first-order chi connectivity index (χ1) is 8.99. The number of anilines is 1. The second-order valence-corrected chi connectivity index (χ2v) is 5.41. The Labute approximate surface area is 110 Å². The maximum atomic E-state index is 13.3. The van der Waals surface area contributed by atoms with E-state index in [1.54, 1.807) is 0 Å². The number of hydrogen-bond donors (Lipinski definition) is 1. The van der Waals surface area contributed by atoms with Gasteiger partial charge >= 0.3 is 0 Å². The molecule has 3 nitrogen and oxygen atoms in total. The number of benzene rings is 1.